The highest BCUT2D eigenvalue weighted by Gasteiger charge is 2.27. The molecule has 136 valence electrons. The number of anilines is 1. The van der Waals surface area contributed by atoms with Crippen molar-refractivity contribution in [2.24, 2.45) is 0 Å². The van der Waals surface area contributed by atoms with Gasteiger partial charge in [-0.3, -0.25) is 10.1 Å². The van der Waals surface area contributed by atoms with Crippen molar-refractivity contribution in [2.75, 3.05) is 11.9 Å². The van der Waals surface area contributed by atoms with Crippen LogP contribution in [0.2, 0.25) is 0 Å². The third-order valence-corrected chi connectivity index (χ3v) is 4.74. The maximum absolute atomic E-state index is 12.2. The standard InChI is InChI=1S/C16H12F3N3O2S2/c17-16(18,19)9-24-7-10-1-3-11(4-2-10)13(23)20-15-22-21-14(26-15)12-5-6-25-8-12/h1-6,8H,7,9H2,(H,20,22,23). The molecule has 0 spiro atoms. The fourth-order valence-corrected chi connectivity index (χ4v) is 3.43. The molecular formula is C16H12F3N3O2S2. The van der Waals surface area contributed by atoms with Crippen molar-refractivity contribution >= 4 is 33.7 Å². The molecule has 0 aliphatic carbocycles. The molecule has 0 unspecified atom stereocenters. The second kappa shape index (κ2) is 7.94. The lowest BCUT2D eigenvalue weighted by Crippen LogP contribution is -2.16. The lowest BCUT2D eigenvalue weighted by molar-refractivity contribution is -0.176. The third kappa shape index (κ3) is 5.10. The molecular weight excluding hydrogens is 387 g/mol. The molecule has 0 saturated heterocycles. The Morgan fingerprint density at radius 1 is 1.15 bits per heavy atom. The summed E-state index contributed by atoms with van der Waals surface area (Å²) in [4.78, 5) is 12.2. The van der Waals surface area contributed by atoms with E-state index in [9.17, 15) is 18.0 Å². The summed E-state index contributed by atoms with van der Waals surface area (Å²) in [6.07, 6.45) is -4.36. The van der Waals surface area contributed by atoms with E-state index in [-0.39, 0.29) is 12.5 Å². The lowest BCUT2D eigenvalue weighted by Gasteiger charge is -2.08. The molecule has 0 radical (unpaired) electrons. The molecule has 10 heteroatoms. The Morgan fingerprint density at radius 2 is 1.92 bits per heavy atom. The fraction of sp³-hybridized carbons (Fsp3) is 0.188. The van der Waals surface area contributed by atoms with E-state index in [1.165, 1.54) is 23.5 Å². The SMILES string of the molecule is O=C(Nc1nnc(-c2ccsc2)s1)c1ccc(COCC(F)(F)F)cc1. The summed E-state index contributed by atoms with van der Waals surface area (Å²) < 4.78 is 40.7. The minimum atomic E-state index is -4.36. The molecule has 0 aliphatic rings. The van der Waals surface area contributed by atoms with Gasteiger partial charge in [0.1, 0.15) is 11.6 Å². The summed E-state index contributed by atoms with van der Waals surface area (Å²) in [7, 11) is 0. The maximum atomic E-state index is 12.2. The molecule has 0 saturated carbocycles. The first kappa shape index (κ1) is 18.5. The van der Waals surface area contributed by atoms with Crippen molar-refractivity contribution < 1.29 is 22.7 Å². The molecule has 0 aliphatic heterocycles. The summed E-state index contributed by atoms with van der Waals surface area (Å²) in [5.41, 5.74) is 1.84. The highest BCUT2D eigenvalue weighted by Crippen LogP contribution is 2.28. The van der Waals surface area contributed by atoms with E-state index in [1.54, 1.807) is 23.5 Å². The average Bonchev–Trinajstić information content (AvgIpc) is 3.25. The Bertz CT molecular complexity index is 862. The number of amides is 1. The number of nitrogens with zero attached hydrogens (tertiary/aromatic N) is 2. The van der Waals surface area contributed by atoms with Gasteiger partial charge in [0.15, 0.2) is 0 Å². The van der Waals surface area contributed by atoms with Crippen LogP contribution in [0.4, 0.5) is 18.3 Å². The van der Waals surface area contributed by atoms with Gasteiger partial charge in [0.05, 0.1) is 6.61 Å². The number of halogens is 3. The largest absolute Gasteiger partial charge is 0.411 e. The van der Waals surface area contributed by atoms with Gasteiger partial charge in [-0.2, -0.15) is 24.5 Å². The van der Waals surface area contributed by atoms with E-state index in [4.69, 9.17) is 0 Å². The van der Waals surface area contributed by atoms with Crippen molar-refractivity contribution in [2.45, 2.75) is 12.8 Å². The number of benzene rings is 1. The normalized spacial score (nSPS) is 11.5. The van der Waals surface area contributed by atoms with Crippen molar-refractivity contribution in [3.05, 3.63) is 52.2 Å². The quantitative estimate of drug-likeness (QED) is 0.658. The number of carbonyl (C=O) groups excluding carboxylic acids is 1. The van der Waals surface area contributed by atoms with Crippen LogP contribution in [0.3, 0.4) is 0 Å². The predicted molar refractivity (Wildman–Crippen MR) is 93.3 cm³/mol. The van der Waals surface area contributed by atoms with E-state index >= 15 is 0 Å². The Balaban J connectivity index is 1.56. The van der Waals surface area contributed by atoms with Crippen LogP contribution >= 0.6 is 22.7 Å². The highest BCUT2D eigenvalue weighted by molar-refractivity contribution is 7.19. The van der Waals surface area contributed by atoms with Gasteiger partial charge in [-0.05, 0) is 29.1 Å². The van der Waals surface area contributed by atoms with Gasteiger partial charge in [0.25, 0.3) is 5.91 Å². The first-order valence-electron chi connectivity index (χ1n) is 7.31. The van der Waals surface area contributed by atoms with E-state index in [1.807, 2.05) is 16.8 Å². The van der Waals surface area contributed by atoms with Crippen LogP contribution < -0.4 is 5.32 Å². The van der Waals surface area contributed by atoms with Crippen LogP contribution in [0, 0.1) is 0 Å². The first-order chi connectivity index (χ1) is 12.4. The van der Waals surface area contributed by atoms with Gasteiger partial charge < -0.3 is 4.74 Å². The number of thiophene rings is 1. The smallest absolute Gasteiger partial charge is 0.367 e. The number of nitrogens with one attached hydrogen (secondary N) is 1. The van der Waals surface area contributed by atoms with Crippen molar-refractivity contribution in [1.29, 1.82) is 0 Å². The zero-order chi connectivity index (χ0) is 18.6. The van der Waals surface area contributed by atoms with E-state index in [2.05, 4.69) is 20.3 Å². The number of carbonyl (C=O) groups is 1. The van der Waals surface area contributed by atoms with E-state index in [0.29, 0.717) is 21.3 Å². The van der Waals surface area contributed by atoms with Crippen molar-refractivity contribution in [3.63, 3.8) is 0 Å². The Kier molecular flexibility index (Phi) is 5.64. The molecule has 5 nitrogen and oxygen atoms in total. The predicted octanol–water partition coefficient (Wildman–Crippen LogP) is 4.60. The topological polar surface area (TPSA) is 64.1 Å². The highest BCUT2D eigenvalue weighted by atomic mass is 32.1. The van der Waals surface area contributed by atoms with E-state index in [0.717, 1.165) is 5.56 Å². The van der Waals surface area contributed by atoms with Crippen molar-refractivity contribution in [1.82, 2.24) is 10.2 Å². The molecule has 3 aromatic rings. The molecule has 2 heterocycles. The van der Waals surface area contributed by atoms with Crippen LogP contribution in [0.5, 0.6) is 0 Å². The van der Waals surface area contributed by atoms with Gasteiger partial charge in [-0.15, -0.1) is 10.2 Å². The van der Waals surface area contributed by atoms with Gasteiger partial charge in [0.2, 0.25) is 5.13 Å². The average molecular weight is 399 g/mol. The Labute approximate surface area is 154 Å². The lowest BCUT2D eigenvalue weighted by atomic mass is 10.1. The molecule has 1 aromatic carbocycles. The van der Waals surface area contributed by atoms with E-state index < -0.39 is 12.8 Å². The minimum absolute atomic E-state index is 0.179. The Morgan fingerprint density at radius 3 is 2.58 bits per heavy atom. The monoisotopic (exact) mass is 399 g/mol. The summed E-state index contributed by atoms with van der Waals surface area (Å²) in [6.45, 7) is -1.49. The molecule has 0 fully saturated rings. The van der Waals surface area contributed by atoms with Gasteiger partial charge in [0, 0.05) is 16.5 Å². The number of hydrogen-bond acceptors (Lipinski definition) is 6. The second-order valence-corrected chi connectivity index (χ2v) is 6.94. The molecule has 1 amide bonds. The number of rotatable bonds is 6. The maximum Gasteiger partial charge on any atom is 0.411 e. The molecule has 0 bridgehead atoms. The van der Waals surface area contributed by atoms with Gasteiger partial charge >= 0.3 is 6.18 Å². The molecule has 3 rings (SSSR count). The van der Waals surface area contributed by atoms with Crippen LogP contribution in [0.25, 0.3) is 10.6 Å². The third-order valence-electron chi connectivity index (χ3n) is 3.16. The molecule has 1 N–H and O–H groups in total. The molecule has 2 aromatic heterocycles. The second-order valence-electron chi connectivity index (χ2n) is 5.18. The van der Waals surface area contributed by atoms with Crippen LogP contribution in [-0.4, -0.2) is 28.9 Å². The fourth-order valence-electron chi connectivity index (χ4n) is 1.98. The molecule has 26 heavy (non-hydrogen) atoms. The van der Waals surface area contributed by atoms with Gasteiger partial charge in [-0.1, -0.05) is 23.5 Å². The van der Waals surface area contributed by atoms with Crippen LogP contribution in [0.15, 0.2) is 41.1 Å². The zero-order valence-corrected chi connectivity index (χ0v) is 14.7. The summed E-state index contributed by atoms with van der Waals surface area (Å²) in [5, 5.41) is 15.5. The number of hydrogen-bond donors (Lipinski definition) is 1. The zero-order valence-electron chi connectivity index (χ0n) is 13.1. The van der Waals surface area contributed by atoms with Crippen LogP contribution in [-0.2, 0) is 11.3 Å². The van der Waals surface area contributed by atoms with Gasteiger partial charge in [-0.25, -0.2) is 0 Å². The minimum Gasteiger partial charge on any atom is -0.367 e. The number of alkyl halides is 3. The summed E-state index contributed by atoms with van der Waals surface area (Å²) >= 11 is 2.80. The number of ether oxygens (including phenoxy) is 1. The molecule has 0 atom stereocenters. The Hall–Kier alpha value is -2.30. The van der Waals surface area contributed by atoms with Crippen LogP contribution in [0.1, 0.15) is 15.9 Å². The van der Waals surface area contributed by atoms with Crippen molar-refractivity contribution in [3.8, 4) is 10.6 Å². The summed E-state index contributed by atoms with van der Waals surface area (Å²) in [5.74, 6) is -0.374. The summed E-state index contributed by atoms with van der Waals surface area (Å²) in [6, 6.07) is 8.03. The number of aromatic nitrogens is 2. The first-order valence-corrected chi connectivity index (χ1v) is 9.07.